The van der Waals surface area contributed by atoms with Crippen LogP contribution in [-0.2, 0) is 21.1 Å². The molecule has 0 bridgehead atoms. The number of rotatable bonds is 3. The van der Waals surface area contributed by atoms with Crippen molar-refractivity contribution in [3.05, 3.63) is 40.2 Å². The van der Waals surface area contributed by atoms with Gasteiger partial charge in [-0.1, -0.05) is 13.8 Å². The summed E-state index contributed by atoms with van der Waals surface area (Å²) in [6, 6.07) is 0.397. The van der Waals surface area contributed by atoms with Crippen molar-refractivity contribution >= 4 is 0 Å². The minimum Gasteiger partial charge on any atom is -0.270 e. The van der Waals surface area contributed by atoms with E-state index in [-0.39, 0.29) is 21.1 Å². The van der Waals surface area contributed by atoms with E-state index in [4.69, 9.17) is 0 Å². The zero-order chi connectivity index (χ0) is 15.9. The van der Waals surface area contributed by atoms with Gasteiger partial charge in [0.25, 0.3) is 0 Å². The zero-order valence-corrected chi connectivity index (χ0v) is 17.3. The van der Waals surface area contributed by atoms with Crippen LogP contribution < -0.4 is 0 Å². The van der Waals surface area contributed by atoms with Crippen LogP contribution in [0.25, 0.3) is 11.1 Å². The Balaban J connectivity index is 0.00000242. The van der Waals surface area contributed by atoms with Crippen LogP contribution >= 0.6 is 0 Å². The molecular weight excluding hydrogens is 451 g/mol. The molecule has 1 aromatic heterocycles. The third-order valence-corrected chi connectivity index (χ3v) is 4.73. The second-order valence-electron chi connectivity index (χ2n) is 6.75. The maximum Gasteiger partial charge on any atom is 0.0568 e. The Morgan fingerprint density at radius 3 is 1.86 bits per heavy atom. The summed E-state index contributed by atoms with van der Waals surface area (Å²) in [6.07, 6.45) is 4.20. The molecule has 22 heavy (non-hydrogen) atoms. The predicted molar refractivity (Wildman–Crippen MR) is 91.1 cm³/mol. The molecule has 0 saturated heterocycles. The van der Waals surface area contributed by atoms with Gasteiger partial charge >= 0.3 is 0 Å². The van der Waals surface area contributed by atoms with Gasteiger partial charge in [-0.05, 0) is 80.8 Å². The first-order valence-electron chi connectivity index (χ1n) is 7.90. The molecule has 1 aromatic carbocycles. The summed E-state index contributed by atoms with van der Waals surface area (Å²) < 4.78 is 2.05. The summed E-state index contributed by atoms with van der Waals surface area (Å²) in [7, 11) is 0. The van der Waals surface area contributed by atoms with E-state index in [1.54, 1.807) is 0 Å². The quantitative estimate of drug-likeness (QED) is 0.570. The summed E-state index contributed by atoms with van der Waals surface area (Å²) in [5, 5.41) is 4.53. The maximum absolute atomic E-state index is 4.53. The molecule has 3 heteroatoms. The van der Waals surface area contributed by atoms with Crippen molar-refractivity contribution in [2.45, 2.75) is 67.3 Å². The Bertz CT molecular complexity index is 667. The van der Waals surface area contributed by atoms with Crippen LogP contribution in [0.2, 0.25) is 0 Å². The van der Waals surface area contributed by atoms with Crippen LogP contribution in [0.4, 0.5) is 0 Å². The summed E-state index contributed by atoms with van der Waals surface area (Å²) in [4.78, 5) is 0. The minimum absolute atomic E-state index is 0. The van der Waals surface area contributed by atoms with E-state index in [0.717, 1.165) is 0 Å². The van der Waals surface area contributed by atoms with Crippen LogP contribution in [-0.4, -0.2) is 9.78 Å². The molecular formula is C19H28N2Pt. The Hall–Kier alpha value is -0.882. The second-order valence-corrected chi connectivity index (χ2v) is 6.75. The van der Waals surface area contributed by atoms with Crippen molar-refractivity contribution in [1.82, 2.24) is 9.78 Å². The number of nitrogens with zero attached hydrogens (tertiary/aromatic N) is 2. The maximum atomic E-state index is 4.53. The predicted octanol–water partition coefficient (Wildman–Crippen LogP) is 5.49. The molecule has 0 spiro atoms. The molecule has 0 N–H and O–H groups in total. The monoisotopic (exact) mass is 479 g/mol. The third-order valence-electron chi connectivity index (χ3n) is 4.73. The Kier molecular flexibility index (Phi) is 6.21. The number of benzene rings is 1. The largest absolute Gasteiger partial charge is 0.270 e. The van der Waals surface area contributed by atoms with Gasteiger partial charge in [-0.25, -0.2) is 0 Å². The molecule has 0 radical (unpaired) electrons. The summed E-state index contributed by atoms with van der Waals surface area (Å²) in [5.74, 6) is 0.514. The van der Waals surface area contributed by atoms with Gasteiger partial charge in [-0.2, -0.15) is 5.10 Å². The molecule has 2 aromatic rings. The number of hydrogen-bond donors (Lipinski definition) is 0. The minimum atomic E-state index is 0. The van der Waals surface area contributed by atoms with E-state index < -0.39 is 0 Å². The van der Waals surface area contributed by atoms with E-state index in [0.29, 0.717) is 12.0 Å². The molecule has 124 valence electrons. The van der Waals surface area contributed by atoms with Gasteiger partial charge in [0, 0.05) is 38.9 Å². The van der Waals surface area contributed by atoms with Crippen LogP contribution in [0.5, 0.6) is 0 Å². The third kappa shape index (κ3) is 3.22. The van der Waals surface area contributed by atoms with Crippen molar-refractivity contribution in [1.29, 1.82) is 0 Å². The van der Waals surface area contributed by atoms with Crippen LogP contribution in [0.15, 0.2) is 12.4 Å². The number of aromatic nitrogens is 2. The zero-order valence-electron chi connectivity index (χ0n) is 15.0. The van der Waals surface area contributed by atoms with E-state index in [9.17, 15) is 0 Å². The molecule has 2 nitrogen and oxygen atoms in total. The average Bonchev–Trinajstić information content (AvgIpc) is 2.89. The van der Waals surface area contributed by atoms with Crippen LogP contribution in [0, 0.1) is 27.7 Å². The smallest absolute Gasteiger partial charge is 0.0568 e. The molecule has 0 amide bonds. The summed E-state index contributed by atoms with van der Waals surface area (Å²) >= 11 is 0. The van der Waals surface area contributed by atoms with Gasteiger partial charge in [-0.15, -0.1) is 0 Å². The Morgan fingerprint density at radius 2 is 1.41 bits per heavy atom. The molecule has 2 rings (SSSR count). The fourth-order valence-electron chi connectivity index (χ4n) is 3.18. The topological polar surface area (TPSA) is 17.8 Å². The van der Waals surface area contributed by atoms with Gasteiger partial charge < -0.3 is 0 Å². The van der Waals surface area contributed by atoms with Gasteiger partial charge in [0.1, 0.15) is 0 Å². The Morgan fingerprint density at radius 1 is 0.864 bits per heavy atom. The Labute approximate surface area is 149 Å². The summed E-state index contributed by atoms with van der Waals surface area (Å²) in [5.41, 5.74) is 9.76. The number of hydrogen-bond acceptors (Lipinski definition) is 1. The van der Waals surface area contributed by atoms with Crippen LogP contribution in [0.1, 0.15) is 67.5 Å². The molecule has 0 saturated carbocycles. The van der Waals surface area contributed by atoms with Gasteiger partial charge in [-0.3, -0.25) is 4.68 Å². The molecule has 0 aliphatic heterocycles. The van der Waals surface area contributed by atoms with E-state index in [2.05, 4.69) is 66.7 Å². The van der Waals surface area contributed by atoms with E-state index >= 15 is 0 Å². The SMILES string of the molecule is Cc1c(C)c(C)c(C(C)C)c(-c2cnn(C(C)C)c2)c1C.[Pt]. The van der Waals surface area contributed by atoms with Gasteiger partial charge in [0.15, 0.2) is 0 Å². The first kappa shape index (κ1) is 19.2. The van der Waals surface area contributed by atoms with Crippen molar-refractivity contribution in [2.24, 2.45) is 0 Å². The first-order chi connectivity index (χ1) is 9.75. The van der Waals surface area contributed by atoms with Gasteiger partial charge in [0.2, 0.25) is 0 Å². The normalized spacial score (nSPS) is 11.2. The van der Waals surface area contributed by atoms with Crippen molar-refractivity contribution in [2.75, 3.05) is 0 Å². The molecule has 0 unspecified atom stereocenters. The van der Waals surface area contributed by atoms with Crippen LogP contribution in [0.3, 0.4) is 0 Å². The van der Waals surface area contributed by atoms with E-state index in [1.807, 2.05) is 10.9 Å². The second kappa shape index (κ2) is 7.13. The van der Waals surface area contributed by atoms with Crippen molar-refractivity contribution in [3.8, 4) is 11.1 Å². The van der Waals surface area contributed by atoms with Crippen molar-refractivity contribution < 1.29 is 21.1 Å². The first-order valence-corrected chi connectivity index (χ1v) is 7.90. The molecule has 0 fully saturated rings. The molecule has 0 atom stereocenters. The molecule has 1 heterocycles. The average molecular weight is 480 g/mol. The summed E-state index contributed by atoms with van der Waals surface area (Å²) in [6.45, 7) is 17.9. The fraction of sp³-hybridized carbons (Fsp3) is 0.526. The molecule has 0 aliphatic carbocycles. The standard InChI is InChI=1S/C19H28N2.Pt/c1-11(2)18-15(7)13(5)14(6)16(8)19(18)17-9-20-21(10-17)12(3)4;/h9-12H,1-8H3;. The van der Waals surface area contributed by atoms with Gasteiger partial charge in [0.05, 0.1) is 6.20 Å². The molecule has 0 aliphatic rings. The van der Waals surface area contributed by atoms with E-state index in [1.165, 1.54) is 38.9 Å². The van der Waals surface area contributed by atoms with Crippen molar-refractivity contribution in [3.63, 3.8) is 0 Å². The fourth-order valence-corrected chi connectivity index (χ4v) is 3.18.